The van der Waals surface area contributed by atoms with Gasteiger partial charge in [-0.1, -0.05) is 18.2 Å². The smallest absolute Gasteiger partial charge is 0.404 e. The van der Waals surface area contributed by atoms with Crippen molar-refractivity contribution in [2.45, 2.75) is 18.9 Å². The first-order valence-corrected chi connectivity index (χ1v) is 12.4. The van der Waals surface area contributed by atoms with Crippen molar-refractivity contribution in [2.75, 3.05) is 18.4 Å². The average molecular weight is 525 g/mol. The van der Waals surface area contributed by atoms with Gasteiger partial charge in [-0.15, -0.1) is 11.3 Å². The van der Waals surface area contributed by atoms with Crippen molar-refractivity contribution in [3.8, 4) is 5.69 Å². The number of benzene rings is 2. The quantitative estimate of drug-likeness (QED) is 0.343. The summed E-state index contributed by atoms with van der Waals surface area (Å²) in [6.45, 7) is 0.654. The molecule has 3 heterocycles. The minimum absolute atomic E-state index is 0.0167. The standard InChI is InChI=1S/C26H22F2N4O4S/c27-15-6-8-20(19(28)14-15)30-22-18-7-9-21(33)32(17-4-2-1-3-5-17)25(18)37-23(22)24(34)31-12-10-16(11-13-31)29-26(35)36/h1-9,14,16,29-30H,10-13H2,(H,35,36). The Morgan fingerprint density at radius 1 is 1.00 bits per heavy atom. The summed E-state index contributed by atoms with van der Waals surface area (Å²) < 4.78 is 29.6. The van der Waals surface area contributed by atoms with Gasteiger partial charge >= 0.3 is 6.09 Å². The second kappa shape index (κ2) is 10.0. The monoisotopic (exact) mass is 524 g/mol. The topological polar surface area (TPSA) is 104 Å². The number of hydrogen-bond donors (Lipinski definition) is 3. The number of thiophene rings is 1. The maximum atomic E-state index is 14.6. The summed E-state index contributed by atoms with van der Waals surface area (Å²) in [5, 5.41) is 14.9. The minimum Gasteiger partial charge on any atom is -0.465 e. The molecule has 5 rings (SSSR count). The molecule has 11 heteroatoms. The van der Waals surface area contributed by atoms with E-state index in [0.29, 0.717) is 47.5 Å². The normalized spacial score (nSPS) is 14.1. The van der Waals surface area contributed by atoms with Crippen LogP contribution in [0.4, 0.5) is 25.0 Å². The number of hydrogen-bond acceptors (Lipinski definition) is 5. The van der Waals surface area contributed by atoms with Crippen LogP contribution in [0.5, 0.6) is 0 Å². The van der Waals surface area contributed by atoms with E-state index >= 15 is 0 Å². The summed E-state index contributed by atoms with van der Waals surface area (Å²) in [6.07, 6.45) is -0.207. The Bertz CT molecular complexity index is 1550. The summed E-state index contributed by atoms with van der Waals surface area (Å²) in [5.74, 6) is -1.88. The number of carboxylic acid groups (broad SMARTS) is 1. The second-order valence-corrected chi connectivity index (χ2v) is 9.63. The van der Waals surface area contributed by atoms with Gasteiger partial charge in [-0.2, -0.15) is 0 Å². The van der Waals surface area contributed by atoms with E-state index in [4.69, 9.17) is 5.11 Å². The van der Waals surface area contributed by atoms with E-state index in [1.807, 2.05) is 6.07 Å². The van der Waals surface area contributed by atoms with Gasteiger partial charge in [0.2, 0.25) is 0 Å². The van der Waals surface area contributed by atoms with Gasteiger partial charge in [0.25, 0.3) is 11.5 Å². The lowest BCUT2D eigenvalue weighted by molar-refractivity contribution is 0.0712. The SMILES string of the molecule is O=C(O)NC1CCN(C(=O)c2sc3c(ccc(=O)n3-c3ccccc3)c2Nc2ccc(F)cc2F)CC1. The van der Waals surface area contributed by atoms with Crippen LogP contribution in [0.15, 0.2) is 65.5 Å². The van der Waals surface area contributed by atoms with Crippen LogP contribution in [0.3, 0.4) is 0 Å². The Morgan fingerprint density at radius 3 is 2.41 bits per heavy atom. The van der Waals surface area contributed by atoms with Crippen LogP contribution in [0.2, 0.25) is 0 Å². The first-order chi connectivity index (χ1) is 17.8. The largest absolute Gasteiger partial charge is 0.465 e. The lowest BCUT2D eigenvalue weighted by Gasteiger charge is -2.31. The molecule has 0 spiro atoms. The van der Waals surface area contributed by atoms with Crippen LogP contribution >= 0.6 is 11.3 Å². The maximum Gasteiger partial charge on any atom is 0.404 e. The fraction of sp³-hybridized carbons (Fsp3) is 0.192. The Kier molecular flexibility index (Phi) is 6.62. The van der Waals surface area contributed by atoms with Gasteiger partial charge < -0.3 is 20.6 Å². The Hall–Kier alpha value is -4.25. The molecule has 3 N–H and O–H groups in total. The minimum atomic E-state index is -1.11. The Balaban J connectivity index is 1.60. The number of likely N-dealkylation sites (tertiary alicyclic amines) is 1. The number of pyridine rings is 1. The molecule has 0 aliphatic carbocycles. The van der Waals surface area contributed by atoms with Crippen LogP contribution in [-0.2, 0) is 0 Å². The van der Waals surface area contributed by atoms with Crippen LogP contribution in [0.1, 0.15) is 22.5 Å². The van der Waals surface area contributed by atoms with Crippen molar-refractivity contribution in [2.24, 2.45) is 0 Å². The van der Waals surface area contributed by atoms with E-state index < -0.39 is 17.7 Å². The van der Waals surface area contributed by atoms with Gasteiger partial charge in [0.1, 0.15) is 21.3 Å². The number of nitrogens with one attached hydrogen (secondary N) is 2. The number of aromatic nitrogens is 1. The van der Waals surface area contributed by atoms with Gasteiger partial charge in [0.15, 0.2) is 0 Å². The molecular formula is C26H22F2N4O4S. The predicted octanol–water partition coefficient (Wildman–Crippen LogP) is 4.95. The van der Waals surface area contributed by atoms with Gasteiger partial charge in [-0.3, -0.25) is 14.2 Å². The van der Waals surface area contributed by atoms with Gasteiger partial charge in [-0.25, -0.2) is 13.6 Å². The molecule has 1 aliphatic rings. The molecule has 1 aliphatic heterocycles. The van der Waals surface area contributed by atoms with Crippen molar-refractivity contribution in [3.05, 3.63) is 87.5 Å². The third kappa shape index (κ3) is 4.90. The number of anilines is 2. The fourth-order valence-electron chi connectivity index (χ4n) is 4.45. The first-order valence-electron chi connectivity index (χ1n) is 11.6. The van der Waals surface area contributed by atoms with E-state index in [9.17, 15) is 23.2 Å². The average Bonchev–Trinajstić information content (AvgIpc) is 3.24. The Morgan fingerprint density at radius 2 is 1.73 bits per heavy atom. The highest BCUT2D eigenvalue weighted by Crippen LogP contribution is 2.39. The zero-order valence-corrected chi connectivity index (χ0v) is 20.2. The predicted molar refractivity (Wildman–Crippen MR) is 137 cm³/mol. The molecule has 2 aromatic heterocycles. The van der Waals surface area contributed by atoms with Gasteiger partial charge in [0, 0.05) is 36.7 Å². The number of fused-ring (bicyclic) bond motifs is 1. The van der Waals surface area contributed by atoms with Crippen molar-refractivity contribution in [3.63, 3.8) is 0 Å². The summed E-state index contributed by atoms with van der Waals surface area (Å²) in [7, 11) is 0. The molecule has 190 valence electrons. The van der Waals surface area contributed by atoms with E-state index in [2.05, 4.69) is 10.6 Å². The number of carbonyl (C=O) groups excluding carboxylic acids is 1. The second-order valence-electron chi connectivity index (χ2n) is 8.63. The number of piperidine rings is 1. The summed E-state index contributed by atoms with van der Waals surface area (Å²) in [4.78, 5) is 39.9. The molecule has 0 bridgehead atoms. The highest BCUT2D eigenvalue weighted by molar-refractivity contribution is 7.21. The van der Waals surface area contributed by atoms with E-state index in [1.165, 1.54) is 16.7 Å². The molecule has 2 amide bonds. The Labute approximate surface area is 213 Å². The number of halogens is 2. The molecule has 8 nitrogen and oxygen atoms in total. The lowest BCUT2D eigenvalue weighted by Crippen LogP contribution is -2.46. The summed E-state index contributed by atoms with van der Waals surface area (Å²) in [6, 6.07) is 14.8. The number of carbonyl (C=O) groups is 2. The molecule has 0 unspecified atom stereocenters. The molecule has 4 aromatic rings. The van der Waals surface area contributed by atoms with Crippen LogP contribution < -0.4 is 16.2 Å². The number of nitrogens with zero attached hydrogens (tertiary/aromatic N) is 2. The van der Waals surface area contributed by atoms with Gasteiger partial charge in [-0.05, 0) is 43.2 Å². The van der Waals surface area contributed by atoms with Crippen molar-refractivity contribution in [1.82, 2.24) is 14.8 Å². The zero-order valence-electron chi connectivity index (χ0n) is 19.4. The van der Waals surface area contributed by atoms with E-state index in [0.717, 1.165) is 23.5 Å². The molecular weight excluding hydrogens is 502 g/mol. The molecule has 37 heavy (non-hydrogen) atoms. The third-order valence-corrected chi connectivity index (χ3v) is 7.43. The maximum absolute atomic E-state index is 14.6. The molecule has 2 aromatic carbocycles. The highest BCUT2D eigenvalue weighted by Gasteiger charge is 2.29. The number of para-hydroxylation sites is 1. The molecule has 0 atom stereocenters. The van der Waals surface area contributed by atoms with Crippen LogP contribution in [0.25, 0.3) is 15.9 Å². The van der Waals surface area contributed by atoms with Crippen molar-refractivity contribution >= 4 is 44.9 Å². The van der Waals surface area contributed by atoms with Crippen LogP contribution in [-0.4, -0.2) is 45.7 Å². The highest BCUT2D eigenvalue weighted by atomic mass is 32.1. The lowest BCUT2D eigenvalue weighted by atomic mass is 10.0. The van der Waals surface area contributed by atoms with E-state index in [1.54, 1.807) is 35.2 Å². The van der Waals surface area contributed by atoms with Gasteiger partial charge in [0.05, 0.1) is 17.1 Å². The number of rotatable bonds is 5. The molecule has 0 saturated carbocycles. The zero-order chi connectivity index (χ0) is 26.1. The van der Waals surface area contributed by atoms with Crippen molar-refractivity contribution in [1.29, 1.82) is 0 Å². The van der Waals surface area contributed by atoms with Crippen LogP contribution in [0, 0.1) is 11.6 Å². The fourth-order valence-corrected chi connectivity index (χ4v) is 5.69. The summed E-state index contributed by atoms with van der Waals surface area (Å²) >= 11 is 1.10. The third-order valence-electron chi connectivity index (χ3n) is 6.25. The molecule has 1 fully saturated rings. The van der Waals surface area contributed by atoms with Crippen molar-refractivity contribution < 1.29 is 23.5 Å². The first kappa shape index (κ1) is 24.4. The molecule has 1 saturated heterocycles. The van der Waals surface area contributed by atoms with E-state index in [-0.39, 0.29) is 28.1 Å². The number of amides is 2. The molecule has 0 radical (unpaired) electrons. The summed E-state index contributed by atoms with van der Waals surface area (Å²) in [5.41, 5.74) is 0.611.